The Morgan fingerprint density at radius 2 is 2.47 bits per heavy atom. The smallest absolute Gasteiger partial charge is 0.233 e. The van der Waals surface area contributed by atoms with Crippen LogP contribution in [0, 0.1) is 11.3 Å². The first-order valence-corrected chi connectivity index (χ1v) is 7.11. The van der Waals surface area contributed by atoms with E-state index in [1.54, 1.807) is 17.5 Å². The van der Waals surface area contributed by atoms with Gasteiger partial charge in [0.05, 0.1) is 5.01 Å². The molecule has 0 unspecified atom stereocenters. The predicted octanol–water partition coefficient (Wildman–Crippen LogP) is 0.964. The molecule has 0 radical (unpaired) electrons. The van der Waals surface area contributed by atoms with Crippen LogP contribution in [0.25, 0.3) is 0 Å². The first kappa shape index (κ1) is 13.8. The fourth-order valence-corrected chi connectivity index (χ4v) is 3.19. The molecular weight excluding hydrogens is 264 g/mol. The average molecular weight is 282 g/mol. The van der Waals surface area contributed by atoms with Gasteiger partial charge in [0.25, 0.3) is 0 Å². The third kappa shape index (κ3) is 2.70. The number of nitrogens with zero attached hydrogens (tertiary/aromatic N) is 2. The molecule has 19 heavy (non-hydrogen) atoms. The molecule has 0 aliphatic heterocycles. The van der Waals surface area contributed by atoms with Crippen molar-refractivity contribution in [2.45, 2.75) is 26.2 Å². The summed E-state index contributed by atoms with van der Waals surface area (Å²) in [5.74, 6) is 0.278. The second kappa shape index (κ2) is 5.56. The summed E-state index contributed by atoms with van der Waals surface area (Å²) in [4.78, 5) is 16.4. The highest BCUT2D eigenvalue weighted by atomic mass is 32.1. The van der Waals surface area contributed by atoms with Crippen LogP contribution in [0.5, 0.6) is 0 Å². The molecule has 1 aromatic rings. The van der Waals surface area contributed by atoms with Gasteiger partial charge in [0.15, 0.2) is 5.84 Å². The molecule has 0 saturated heterocycles. The monoisotopic (exact) mass is 282 g/mol. The van der Waals surface area contributed by atoms with Crippen LogP contribution in [0.1, 0.15) is 24.8 Å². The molecule has 4 N–H and O–H groups in total. The lowest BCUT2D eigenvalue weighted by Gasteiger charge is -2.43. The molecule has 0 atom stereocenters. The van der Waals surface area contributed by atoms with Gasteiger partial charge in [-0.3, -0.25) is 4.79 Å². The Balaban J connectivity index is 1.90. The van der Waals surface area contributed by atoms with Crippen molar-refractivity contribution < 1.29 is 10.0 Å². The van der Waals surface area contributed by atoms with E-state index in [4.69, 9.17) is 10.9 Å². The number of hydrogen-bond acceptors (Lipinski definition) is 5. The average Bonchev–Trinajstić information content (AvgIpc) is 2.86. The van der Waals surface area contributed by atoms with E-state index in [1.165, 1.54) is 0 Å². The molecule has 6 nitrogen and oxygen atoms in total. The molecule has 104 valence electrons. The van der Waals surface area contributed by atoms with Crippen molar-refractivity contribution in [1.82, 2.24) is 10.3 Å². The van der Waals surface area contributed by atoms with Crippen LogP contribution in [0.4, 0.5) is 0 Å². The zero-order valence-corrected chi connectivity index (χ0v) is 11.6. The summed E-state index contributed by atoms with van der Waals surface area (Å²) in [6.45, 7) is 2.56. The summed E-state index contributed by atoms with van der Waals surface area (Å²) in [5.41, 5.74) is 4.85. The molecule has 0 spiro atoms. The van der Waals surface area contributed by atoms with Crippen LogP contribution in [0.2, 0.25) is 0 Å². The molecule has 2 rings (SSSR count). The van der Waals surface area contributed by atoms with Gasteiger partial charge in [0.2, 0.25) is 5.91 Å². The molecular formula is C12H18N4O2S. The maximum Gasteiger partial charge on any atom is 0.233 e. The van der Waals surface area contributed by atoms with Gasteiger partial charge in [-0.2, -0.15) is 0 Å². The third-order valence-corrected chi connectivity index (χ3v) is 4.37. The van der Waals surface area contributed by atoms with E-state index in [2.05, 4.69) is 15.5 Å². The van der Waals surface area contributed by atoms with E-state index in [9.17, 15) is 4.79 Å². The van der Waals surface area contributed by atoms with Crippen LogP contribution in [0.3, 0.4) is 0 Å². The lowest BCUT2D eigenvalue weighted by molar-refractivity contribution is -0.133. The van der Waals surface area contributed by atoms with Crippen LogP contribution in [0.15, 0.2) is 16.7 Å². The summed E-state index contributed by atoms with van der Waals surface area (Å²) >= 11 is 1.56. The molecule has 1 aliphatic rings. The van der Waals surface area contributed by atoms with Crippen LogP contribution in [-0.2, 0) is 11.2 Å². The summed E-state index contributed by atoms with van der Waals surface area (Å²) in [7, 11) is 0. The number of oxime groups is 1. The zero-order chi connectivity index (χ0) is 13.9. The standard InChI is InChI=1S/C12H18N4O2S/c1-8-6-12(7-8,10(13)16-18)11(17)15-3-2-9-14-4-5-19-9/h4-5,8,18H,2-3,6-7H2,1H3,(H2,13,16)(H,15,17). The van der Waals surface area contributed by atoms with Crippen LogP contribution in [-0.4, -0.2) is 28.5 Å². The van der Waals surface area contributed by atoms with Gasteiger partial charge in [-0.25, -0.2) is 4.98 Å². The third-order valence-electron chi connectivity index (χ3n) is 3.53. The SMILES string of the molecule is CC1CC(C(=O)NCCc2nccs2)(/C(N)=N/O)C1. The van der Waals surface area contributed by atoms with Crippen LogP contribution >= 0.6 is 11.3 Å². The molecule has 1 fully saturated rings. The second-order valence-corrected chi connectivity index (χ2v) is 5.99. The number of nitrogens with two attached hydrogens (primary N) is 1. The van der Waals surface area contributed by atoms with Gasteiger partial charge in [-0.1, -0.05) is 12.1 Å². The summed E-state index contributed by atoms with van der Waals surface area (Å²) in [6.07, 6.45) is 3.70. The van der Waals surface area contributed by atoms with E-state index in [-0.39, 0.29) is 11.7 Å². The number of thiazole rings is 1. The zero-order valence-electron chi connectivity index (χ0n) is 10.8. The van der Waals surface area contributed by atoms with Gasteiger partial charge in [0, 0.05) is 24.5 Å². The first-order valence-electron chi connectivity index (χ1n) is 6.23. The van der Waals surface area contributed by atoms with Gasteiger partial charge < -0.3 is 16.3 Å². The highest BCUT2D eigenvalue weighted by Gasteiger charge is 2.51. The molecule has 1 saturated carbocycles. The van der Waals surface area contributed by atoms with Crippen molar-refractivity contribution in [2.24, 2.45) is 22.2 Å². The van der Waals surface area contributed by atoms with Gasteiger partial charge in [0.1, 0.15) is 5.41 Å². The lowest BCUT2D eigenvalue weighted by atomic mass is 9.61. The second-order valence-electron chi connectivity index (χ2n) is 5.01. The molecule has 0 bridgehead atoms. The number of amides is 1. The van der Waals surface area contributed by atoms with Crippen molar-refractivity contribution in [1.29, 1.82) is 0 Å². The minimum absolute atomic E-state index is 0.0114. The number of carbonyl (C=O) groups is 1. The van der Waals surface area contributed by atoms with E-state index in [1.807, 2.05) is 12.3 Å². The maximum absolute atomic E-state index is 12.2. The highest BCUT2D eigenvalue weighted by Crippen LogP contribution is 2.45. The van der Waals surface area contributed by atoms with Crippen molar-refractivity contribution in [3.05, 3.63) is 16.6 Å². The minimum atomic E-state index is -0.822. The Kier molecular flexibility index (Phi) is 4.04. The molecule has 1 aromatic heterocycles. The predicted molar refractivity (Wildman–Crippen MR) is 73.1 cm³/mol. The van der Waals surface area contributed by atoms with Gasteiger partial charge in [-0.15, -0.1) is 11.3 Å². The number of amidine groups is 1. The normalized spacial score (nSPS) is 26.8. The number of rotatable bonds is 5. The molecule has 1 heterocycles. The summed E-state index contributed by atoms with van der Waals surface area (Å²) in [6, 6.07) is 0. The Labute approximate surface area is 115 Å². The molecule has 0 aromatic carbocycles. The number of nitrogens with one attached hydrogen (secondary N) is 1. The maximum atomic E-state index is 12.2. The fraction of sp³-hybridized carbons (Fsp3) is 0.583. The number of aromatic nitrogens is 1. The van der Waals surface area contributed by atoms with Crippen molar-refractivity contribution in [3.8, 4) is 0 Å². The van der Waals surface area contributed by atoms with Gasteiger partial charge in [-0.05, 0) is 18.8 Å². The van der Waals surface area contributed by atoms with E-state index >= 15 is 0 Å². The lowest BCUT2D eigenvalue weighted by Crippen LogP contribution is -2.57. The van der Waals surface area contributed by atoms with E-state index < -0.39 is 5.41 Å². The van der Waals surface area contributed by atoms with Gasteiger partial charge >= 0.3 is 0 Å². The highest BCUT2D eigenvalue weighted by molar-refractivity contribution is 7.09. The first-order chi connectivity index (χ1) is 9.08. The van der Waals surface area contributed by atoms with Crippen LogP contribution < -0.4 is 11.1 Å². The van der Waals surface area contributed by atoms with Crippen molar-refractivity contribution in [3.63, 3.8) is 0 Å². The Hall–Kier alpha value is -1.63. The minimum Gasteiger partial charge on any atom is -0.409 e. The Morgan fingerprint density at radius 3 is 3.00 bits per heavy atom. The molecule has 1 aliphatic carbocycles. The quantitative estimate of drug-likeness (QED) is 0.324. The Bertz CT molecular complexity index is 466. The number of carbonyl (C=O) groups excluding carboxylic acids is 1. The Morgan fingerprint density at radius 1 is 1.74 bits per heavy atom. The van der Waals surface area contributed by atoms with E-state index in [0.717, 1.165) is 5.01 Å². The van der Waals surface area contributed by atoms with Crippen molar-refractivity contribution in [2.75, 3.05) is 6.54 Å². The largest absolute Gasteiger partial charge is 0.409 e. The molecule has 1 amide bonds. The topological polar surface area (TPSA) is 101 Å². The number of hydrogen-bond donors (Lipinski definition) is 3. The fourth-order valence-electron chi connectivity index (χ4n) is 2.57. The van der Waals surface area contributed by atoms with Crippen molar-refractivity contribution >= 4 is 23.1 Å². The molecule has 7 heteroatoms. The van der Waals surface area contributed by atoms with E-state index in [0.29, 0.717) is 31.7 Å². The summed E-state index contributed by atoms with van der Waals surface area (Å²) < 4.78 is 0. The summed E-state index contributed by atoms with van der Waals surface area (Å²) in [5, 5.41) is 17.6.